The van der Waals surface area contributed by atoms with E-state index in [4.69, 9.17) is 0 Å². The normalized spacial score (nSPS) is 14.0. The molecular weight excluding hydrogens is 367 g/mol. The van der Waals surface area contributed by atoms with Gasteiger partial charge in [0, 0.05) is 25.3 Å². The molecule has 7 heteroatoms. The second kappa shape index (κ2) is 5.81. The molecule has 2 heterocycles. The summed E-state index contributed by atoms with van der Waals surface area (Å²) in [5.74, 6) is -1.30. The van der Waals surface area contributed by atoms with E-state index in [2.05, 4.69) is 15.9 Å². The number of aromatic nitrogens is 1. The van der Waals surface area contributed by atoms with E-state index in [-0.39, 0.29) is 16.0 Å². The van der Waals surface area contributed by atoms with Crippen LogP contribution in [-0.4, -0.2) is 27.0 Å². The molecule has 1 amide bonds. The Morgan fingerprint density at radius 2 is 1.87 bits per heavy atom. The number of amides is 1. The highest BCUT2D eigenvalue weighted by molar-refractivity contribution is 9.10. The van der Waals surface area contributed by atoms with Crippen molar-refractivity contribution in [3.63, 3.8) is 0 Å². The summed E-state index contributed by atoms with van der Waals surface area (Å²) in [6.07, 6.45) is 0. The Labute approximate surface area is 140 Å². The van der Waals surface area contributed by atoms with Crippen molar-refractivity contribution in [2.45, 2.75) is 20.0 Å². The van der Waals surface area contributed by atoms with Crippen LogP contribution in [0, 0.1) is 12.7 Å². The van der Waals surface area contributed by atoms with Gasteiger partial charge in [0.15, 0.2) is 11.4 Å². The molecule has 0 saturated carbocycles. The highest BCUT2D eigenvalue weighted by Gasteiger charge is 2.30. The van der Waals surface area contributed by atoms with Crippen molar-refractivity contribution in [3.05, 3.63) is 61.7 Å². The Hall–Kier alpha value is -2.15. The van der Waals surface area contributed by atoms with Crippen LogP contribution in [-0.2, 0) is 13.1 Å². The largest absolute Gasteiger partial charge is 0.503 e. The third kappa shape index (κ3) is 2.65. The van der Waals surface area contributed by atoms with E-state index in [1.54, 1.807) is 23.6 Å². The van der Waals surface area contributed by atoms with E-state index in [0.29, 0.717) is 25.3 Å². The summed E-state index contributed by atoms with van der Waals surface area (Å²) in [5, 5.41) is 10.1. The first-order valence-electron chi connectivity index (χ1n) is 7.05. The van der Waals surface area contributed by atoms with Gasteiger partial charge in [0.25, 0.3) is 5.91 Å². The molecular formula is C16H14BrFN2O3. The fraction of sp³-hybridized carbons (Fsp3) is 0.250. The van der Waals surface area contributed by atoms with Gasteiger partial charge in [0.1, 0.15) is 5.82 Å². The molecule has 120 valence electrons. The van der Waals surface area contributed by atoms with Crippen molar-refractivity contribution in [2.24, 2.45) is 0 Å². The van der Waals surface area contributed by atoms with Gasteiger partial charge in [-0.05, 0) is 40.5 Å². The summed E-state index contributed by atoms with van der Waals surface area (Å²) >= 11 is 3.15. The summed E-state index contributed by atoms with van der Waals surface area (Å²) in [4.78, 5) is 26.2. The quantitative estimate of drug-likeness (QED) is 0.869. The number of carbonyl (C=O) groups is 1. The molecule has 1 aromatic heterocycles. The Bertz CT molecular complexity index is 846. The van der Waals surface area contributed by atoms with Crippen LogP contribution in [0.15, 0.2) is 33.5 Å². The number of nitrogens with zero attached hydrogens (tertiary/aromatic N) is 2. The molecule has 1 aliphatic rings. The van der Waals surface area contributed by atoms with E-state index in [9.17, 15) is 19.1 Å². The summed E-state index contributed by atoms with van der Waals surface area (Å²) in [5.41, 5.74) is 0.802. The minimum atomic E-state index is -0.592. The fourth-order valence-corrected chi connectivity index (χ4v) is 3.12. The molecule has 0 atom stereocenters. The molecule has 1 N–H and O–H groups in total. The molecule has 1 aromatic carbocycles. The number of fused-ring (bicyclic) bond motifs is 1. The van der Waals surface area contributed by atoms with E-state index in [0.717, 1.165) is 5.56 Å². The van der Waals surface area contributed by atoms with E-state index in [1.807, 2.05) is 0 Å². The van der Waals surface area contributed by atoms with Crippen LogP contribution >= 0.6 is 15.9 Å². The van der Waals surface area contributed by atoms with E-state index < -0.39 is 17.1 Å². The molecule has 0 unspecified atom stereocenters. The van der Waals surface area contributed by atoms with Gasteiger partial charge < -0.3 is 14.6 Å². The van der Waals surface area contributed by atoms with Gasteiger partial charge in [-0.2, -0.15) is 0 Å². The van der Waals surface area contributed by atoms with Crippen LogP contribution < -0.4 is 5.43 Å². The summed E-state index contributed by atoms with van der Waals surface area (Å²) in [6.45, 7) is 2.93. The zero-order valence-electron chi connectivity index (χ0n) is 12.3. The third-order valence-corrected chi connectivity index (χ3v) is 4.94. The van der Waals surface area contributed by atoms with E-state index in [1.165, 1.54) is 17.0 Å². The Balaban J connectivity index is 1.98. The van der Waals surface area contributed by atoms with Crippen LogP contribution in [0.2, 0.25) is 0 Å². The van der Waals surface area contributed by atoms with Crippen LogP contribution in [0.5, 0.6) is 5.75 Å². The molecule has 2 aromatic rings. The number of halogens is 2. The first-order chi connectivity index (χ1) is 10.9. The highest BCUT2D eigenvalue weighted by atomic mass is 79.9. The Morgan fingerprint density at radius 3 is 2.52 bits per heavy atom. The van der Waals surface area contributed by atoms with Gasteiger partial charge >= 0.3 is 0 Å². The van der Waals surface area contributed by atoms with Gasteiger partial charge in [-0.3, -0.25) is 9.59 Å². The zero-order chi connectivity index (χ0) is 16.7. The SMILES string of the molecule is Cc1c(Br)c(=O)c(O)c2n1CCN(Cc1ccc(F)cc1)C2=O. The van der Waals surface area contributed by atoms with E-state index >= 15 is 0 Å². The first-order valence-corrected chi connectivity index (χ1v) is 7.85. The van der Waals surface area contributed by atoms with Gasteiger partial charge in [-0.1, -0.05) is 12.1 Å². The summed E-state index contributed by atoms with van der Waals surface area (Å²) < 4.78 is 14.9. The van der Waals surface area contributed by atoms with Crippen molar-refractivity contribution in [1.29, 1.82) is 0 Å². The van der Waals surface area contributed by atoms with Crippen LogP contribution in [0.1, 0.15) is 21.7 Å². The smallest absolute Gasteiger partial charge is 0.274 e. The number of hydrogen-bond acceptors (Lipinski definition) is 3. The molecule has 5 nitrogen and oxygen atoms in total. The second-order valence-electron chi connectivity index (χ2n) is 5.43. The van der Waals surface area contributed by atoms with Crippen LogP contribution in [0.3, 0.4) is 0 Å². The maximum absolute atomic E-state index is 13.0. The fourth-order valence-electron chi connectivity index (χ4n) is 2.72. The van der Waals surface area contributed by atoms with Crippen LogP contribution in [0.4, 0.5) is 4.39 Å². The van der Waals surface area contributed by atoms with Crippen molar-refractivity contribution in [1.82, 2.24) is 9.47 Å². The standard InChI is InChI=1S/C16H14BrFN2O3/c1-9-12(17)14(21)15(22)13-16(23)19(6-7-20(9)13)8-10-2-4-11(18)5-3-10/h2-5,22H,6-8H2,1H3. The zero-order valence-corrected chi connectivity index (χ0v) is 13.9. The monoisotopic (exact) mass is 380 g/mol. The van der Waals surface area contributed by atoms with Crippen molar-refractivity contribution in [2.75, 3.05) is 6.54 Å². The number of benzene rings is 1. The lowest BCUT2D eigenvalue weighted by Crippen LogP contribution is -2.42. The highest BCUT2D eigenvalue weighted by Crippen LogP contribution is 2.26. The average Bonchev–Trinajstić information content (AvgIpc) is 2.54. The maximum Gasteiger partial charge on any atom is 0.274 e. The predicted octanol–water partition coefficient (Wildman–Crippen LogP) is 2.42. The van der Waals surface area contributed by atoms with Gasteiger partial charge in [-0.25, -0.2) is 4.39 Å². The third-order valence-electron chi connectivity index (χ3n) is 4.00. The van der Waals surface area contributed by atoms with Gasteiger partial charge in [0.05, 0.1) is 4.47 Å². The minimum absolute atomic E-state index is 0.00376. The van der Waals surface area contributed by atoms with Crippen LogP contribution in [0.25, 0.3) is 0 Å². The minimum Gasteiger partial charge on any atom is -0.503 e. The first kappa shape index (κ1) is 15.7. The number of pyridine rings is 1. The lowest BCUT2D eigenvalue weighted by Gasteiger charge is -2.31. The van der Waals surface area contributed by atoms with Gasteiger partial charge in [-0.15, -0.1) is 0 Å². The molecule has 0 aliphatic carbocycles. The van der Waals surface area contributed by atoms with Crippen molar-refractivity contribution >= 4 is 21.8 Å². The average molecular weight is 381 g/mol. The number of carbonyl (C=O) groups excluding carboxylic acids is 1. The Kier molecular flexibility index (Phi) is 3.97. The molecule has 0 spiro atoms. The summed E-state index contributed by atoms with van der Waals surface area (Å²) in [6, 6.07) is 5.88. The number of rotatable bonds is 2. The predicted molar refractivity (Wildman–Crippen MR) is 85.9 cm³/mol. The molecule has 3 rings (SSSR count). The molecule has 0 fully saturated rings. The molecule has 0 bridgehead atoms. The second-order valence-corrected chi connectivity index (χ2v) is 6.22. The lowest BCUT2D eigenvalue weighted by molar-refractivity contribution is 0.0681. The molecule has 0 radical (unpaired) electrons. The maximum atomic E-state index is 13.0. The lowest BCUT2D eigenvalue weighted by atomic mass is 10.1. The number of hydrogen-bond donors (Lipinski definition) is 1. The topological polar surface area (TPSA) is 62.5 Å². The molecule has 1 aliphatic heterocycles. The number of aromatic hydroxyl groups is 1. The molecule has 0 saturated heterocycles. The Morgan fingerprint density at radius 1 is 1.22 bits per heavy atom. The van der Waals surface area contributed by atoms with Crippen molar-refractivity contribution < 1.29 is 14.3 Å². The van der Waals surface area contributed by atoms with Gasteiger partial charge in [0.2, 0.25) is 5.43 Å². The molecule has 23 heavy (non-hydrogen) atoms. The summed E-state index contributed by atoms with van der Waals surface area (Å²) in [7, 11) is 0. The van der Waals surface area contributed by atoms with Crippen molar-refractivity contribution in [3.8, 4) is 5.75 Å².